The number of rotatable bonds is 16. The van der Waals surface area contributed by atoms with Gasteiger partial charge in [-0.25, -0.2) is 0 Å². The van der Waals surface area contributed by atoms with E-state index in [-0.39, 0.29) is 52.9 Å². The molecule has 0 radical (unpaired) electrons. The second kappa shape index (κ2) is 20.7. The number of esters is 1. The van der Waals surface area contributed by atoms with Crippen molar-refractivity contribution in [1.82, 2.24) is 5.32 Å². The molecule has 1 saturated heterocycles. The minimum absolute atomic E-state index is 0.0157. The molecule has 0 spiro atoms. The summed E-state index contributed by atoms with van der Waals surface area (Å²) >= 11 is 0. The van der Waals surface area contributed by atoms with E-state index >= 15 is 0 Å². The summed E-state index contributed by atoms with van der Waals surface area (Å²) in [7, 11) is 1.36. The lowest BCUT2D eigenvalue weighted by Crippen LogP contribution is -2.54. The van der Waals surface area contributed by atoms with Crippen LogP contribution in [0.25, 0.3) is 0 Å². The number of Topliss-reactive ketones (excluding diaryl/α,β-unsaturated/α-hetero) is 1. The number of aliphatic hydroxyl groups excluding tert-OH is 1. The highest BCUT2D eigenvalue weighted by atomic mass is 16.7. The van der Waals surface area contributed by atoms with Crippen molar-refractivity contribution in [3.05, 3.63) is 51.6 Å². The van der Waals surface area contributed by atoms with Crippen molar-refractivity contribution in [2.45, 2.75) is 206 Å². The molecule has 9 rings (SSSR count). The topological polar surface area (TPSA) is 198 Å². The third-order valence-corrected chi connectivity index (χ3v) is 20.1. The number of phenols is 2. The van der Waals surface area contributed by atoms with E-state index in [2.05, 4.69) is 39.9 Å². The minimum Gasteiger partial charge on any atom is -0.507 e. The average Bonchev–Trinajstić information content (AvgIpc) is 3.70. The van der Waals surface area contributed by atoms with Crippen LogP contribution in [0.5, 0.6) is 17.2 Å². The highest BCUT2D eigenvalue weighted by molar-refractivity contribution is 6.31. The maximum absolute atomic E-state index is 14.1. The monoisotopic (exact) mass is 998 g/mol. The molecule has 7 aliphatic rings. The molecule has 5 fully saturated rings. The van der Waals surface area contributed by atoms with Gasteiger partial charge in [-0.3, -0.25) is 19.2 Å². The number of benzene rings is 2. The van der Waals surface area contributed by atoms with E-state index in [0.717, 1.165) is 54.8 Å². The summed E-state index contributed by atoms with van der Waals surface area (Å²) in [5, 5.41) is 49.9. The van der Waals surface area contributed by atoms with Crippen LogP contribution < -0.4 is 10.1 Å². The highest BCUT2D eigenvalue weighted by Gasteiger charge is 2.61. The molecule has 2 unspecified atom stereocenters. The van der Waals surface area contributed by atoms with Gasteiger partial charge in [0.25, 0.3) is 0 Å². The molecule has 15 atom stereocenters. The Morgan fingerprint density at radius 2 is 1.61 bits per heavy atom. The van der Waals surface area contributed by atoms with Crippen LogP contribution in [-0.2, 0) is 30.2 Å². The molecule has 72 heavy (non-hydrogen) atoms. The standard InChI is InChI=1S/C59H83NO12/c1-31(2)13-11-14-32(3)40-20-21-41-37-19-18-35-27-36(22-24-57(35,6)42(37)23-25-58(40,41)7)71-46(62)17-9-10-26-60-43-28-47(70-33(4)52(43)63)72-45-30-59(68,34(5)61)29-39-49(45)56(67)51-50(54(39)65)53(64)38-15-12-16-44(69-8)48(38)55(51)66/h12,15-16,31-33,35-37,40-43,45,47,52,60,63,65,67-68H,9-11,13-14,17-30H2,1-8H3/t32-,33+,35?,36?,37+,40-,41+,42+,43+,45+,47+,52-,57+,58-,59+/m1/s1. The lowest BCUT2D eigenvalue weighted by Gasteiger charge is -2.61. The van der Waals surface area contributed by atoms with E-state index < -0.39 is 82.6 Å². The first kappa shape index (κ1) is 53.0. The maximum atomic E-state index is 14.1. The van der Waals surface area contributed by atoms with Gasteiger partial charge < -0.3 is 44.7 Å². The number of fused-ring (bicyclic) bond motifs is 8. The third-order valence-electron chi connectivity index (χ3n) is 20.1. The first-order valence-corrected chi connectivity index (χ1v) is 27.7. The molecule has 2 aromatic rings. The van der Waals surface area contributed by atoms with E-state index in [9.17, 15) is 39.6 Å². The van der Waals surface area contributed by atoms with Crippen molar-refractivity contribution in [3.63, 3.8) is 0 Å². The van der Waals surface area contributed by atoms with Gasteiger partial charge in [0.15, 0.2) is 17.9 Å². The van der Waals surface area contributed by atoms with Gasteiger partial charge in [0.05, 0.1) is 42.1 Å². The summed E-state index contributed by atoms with van der Waals surface area (Å²) in [6, 6.07) is 3.99. The molecule has 0 bridgehead atoms. The van der Waals surface area contributed by atoms with Crippen molar-refractivity contribution in [1.29, 1.82) is 0 Å². The second-order valence-electron chi connectivity index (χ2n) is 24.6. The molecule has 1 aliphatic heterocycles. The summed E-state index contributed by atoms with van der Waals surface area (Å²) in [5.41, 5.74) is -2.27. The fourth-order valence-electron chi connectivity index (χ4n) is 16.1. The van der Waals surface area contributed by atoms with Crippen LogP contribution in [0.15, 0.2) is 18.2 Å². The Bertz CT molecular complexity index is 2400. The molecule has 13 heteroatoms. The van der Waals surface area contributed by atoms with Crippen molar-refractivity contribution in [2.75, 3.05) is 13.7 Å². The lowest BCUT2D eigenvalue weighted by molar-refractivity contribution is -0.249. The highest BCUT2D eigenvalue weighted by Crippen LogP contribution is 2.68. The second-order valence-corrected chi connectivity index (χ2v) is 24.6. The zero-order chi connectivity index (χ0) is 51.6. The Hall–Kier alpha value is -3.88. The van der Waals surface area contributed by atoms with Gasteiger partial charge in [-0.2, -0.15) is 0 Å². The molecular formula is C59H83NO12. The Labute approximate surface area is 426 Å². The van der Waals surface area contributed by atoms with E-state index in [1.54, 1.807) is 13.0 Å². The van der Waals surface area contributed by atoms with Crippen LogP contribution in [0.3, 0.4) is 0 Å². The van der Waals surface area contributed by atoms with Gasteiger partial charge in [0.1, 0.15) is 29.0 Å². The number of ether oxygens (including phenoxy) is 4. The quantitative estimate of drug-likeness (QED) is 0.0517. The molecule has 6 aliphatic carbocycles. The number of carbonyl (C=O) groups excluding carboxylic acids is 4. The lowest BCUT2D eigenvalue weighted by atomic mass is 9.44. The number of hydrogen-bond acceptors (Lipinski definition) is 13. The largest absolute Gasteiger partial charge is 0.507 e. The number of methoxy groups -OCH3 is 1. The number of hydrogen-bond donors (Lipinski definition) is 5. The number of phenolic OH excluding ortho intramolecular Hbond substituents is 2. The molecule has 13 nitrogen and oxygen atoms in total. The zero-order valence-corrected chi connectivity index (χ0v) is 44.2. The van der Waals surface area contributed by atoms with Crippen LogP contribution in [0.4, 0.5) is 0 Å². The summed E-state index contributed by atoms with van der Waals surface area (Å²) in [6.07, 6.45) is 12.3. The van der Waals surface area contributed by atoms with Crippen LogP contribution >= 0.6 is 0 Å². The molecular weight excluding hydrogens is 915 g/mol. The van der Waals surface area contributed by atoms with Crippen molar-refractivity contribution >= 4 is 23.3 Å². The summed E-state index contributed by atoms with van der Waals surface area (Å²) in [4.78, 5) is 54.2. The van der Waals surface area contributed by atoms with E-state index in [1.165, 1.54) is 84.0 Å². The van der Waals surface area contributed by atoms with Gasteiger partial charge in [0.2, 0.25) is 5.78 Å². The van der Waals surface area contributed by atoms with Crippen molar-refractivity contribution in [3.8, 4) is 17.2 Å². The fraction of sp³-hybridized carbons (Fsp3) is 0.729. The first-order valence-electron chi connectivity index (χ1n) is 27.7. The number of unbranched alkanes of at least 4 members (excludes halogenated alkanes) is 1. The van der Waals surface area contributed by atoms with Crippen LogP contribution in [-0.4, -0.2) is 93.6 Å². The number of aliphatic hydroxyl groups is 2. The SMILES string of the molecule is COc1cccc2c1C(=O)c1c(O)c3c(c(O)c1C2=O)C[C@@](O)(C(C)=O)C[C@@H]3O[C@H]1C[C@H](NCCCCC(=O)OC2CC[C@@]3(C)C(CC[C@H]4[C@@H]5CC[C@H]([C@H](C)CCCC(C)C)[C@@]5(C)CC[C@@H]43)C2)[C@H](O)[C@H](C)O1. The fourth-order valence-corrected chi connectivity index (χ4v) is 16.1. The Morgan fingerprint density at radius 1 is 0.875 bits per heavy atom. The molecule has 396 valence electrons. The summed E-state index contributed by atoms with van der Waals surface area (Å²) in [5.74, 6) is 2.21. The molecule has 0 amide bonds. The summed E-state index contributed by atoms with van der Waals surface area (Å²) in [6.45, 7) is 15.9. The Morgan fingerprint density at radius 3 is 2.35 bits per heavy atom. The number of ketones is 3. The zero-order valence-electron chi connectivity index (χ0n) is 44.2. The van der Waals surface area contributed by atoms with Crippen LogP contribution in [0.2, 0.25) is 0 Å². The van der Waals surface area contributed by atoms with E-state index in [0.29, 0.717) is 42.6 Å². The predicted octanol–water partition coefficient (Wildman–Crippen LogP) is 9.86. The minimum atomic E-state index is -2.04. The maximum Gasteiger partial charge on any atom is 0.306 e. The van der Waals surface area contributed by atoms with Crippen molar-refractivity contribution in [2.24, 2.45) is 52.3 Å². The normalized spacial score (nSPS) is 36.3. The molecule has 1 heterocycles. The molecule has 4 saturated carbocycles. The van der Waals surface area contributed by atoms with Crippen LogP contribution in [0.1, 0.15) is 207 Å². The molecule has 5 N–H and O–H groups in total. The van der Waals surface area contributed by atoms with Crippen LogP contribution in [0, 0.1) is 52.3 Å². The molecule has 0 aromatic heterocycles. The Kier molecular flexibility index (Phi) is 15.2. The third kappa shape index (κ3) is 9.46. The number of aromatic hydroxyl groups is 2. The van der Waals surface area contributed by atoms with Gasteiger partial charge in [-0.15, -0.1) is 0 Å². The first-order chi connectivity index (χ1) is 34.2. The predicted molar refractivity (Wildman–Crippen MR) is 271 cm³/mol. The number of nitrogens with one attached hydrogen (secondary N) is 1. The van der Waals surface area contributed by atoms with Gasteiger partial charge >= 0.3 is 5.97 Å². The number of carbonyl (C=O) groups is 4. The van der Waals surface area contributed by atoms with Gasteiger partial charge in [-0.05, 0) is 149 Å². The van der Waals surface area contributed by atoms with Gasteiger partial charge in [0, 0.05) is 48.4 Å². The van der Waals surface area contributed by atoms with E-state index in [1.807, 2.05) is 0 Å². The molecule has 2 aromatic carbocycles. The van der Waals surface area contributed by atoms with E-state index in [4.69, 9.17) is 18.9 Å². The Balaban J connectivity index is 0.773. The van der Waals surface area contributed by atoms with Crippen molar-refractivity contribution < 1.29 is 58.6 Å². The average molecular weight is 998 g/mol. The summed E-state index contributed by atoms with van der Waals surface area (Å²) < 4.78 is 24.2. The smallest absolute Gasteiger partial charge is 0.306 e. The van der Waals surface area contributed by atoms with Gasteiger partial charge in [-0.1, -0.05) is 66.0 Å².